The average molecular weight is 414 g/mol. The fourth-order valence-corrected chi connectivity index (χ4v) is 4.27. The van der Waals surface area contributed by atoms with Crippen LogP contribution in [-0.4, -0.2) is 59.5 Å². The molecular formula is C21H26N4O5. The maximum Gasteiger partial charge on any atom is 0.262 e. The molecule has 3 aliphatic rings. The highest BCUT2D eigenvalue weighted by molar-refractivity contribution is 6.24. The molecule has 4 amide bonds. The minimum atomic E-state index is -0.951. The van der Waals surface area contributed by atoms with E-state index >= 15 is 0 Å². The number of amides is 4. The number of ether oxygens (including phenoxy) is 1. The number of imide groups is 2. The second kappa shape index (κ2) is 7.90. The zero-order chi connectivity index (χ0) is 21.5. The Morgan fingerprint density at radius 3 is 2.70 bits per heavy atom. The Labute approximate surface area is 174 Å². The van der Waals surface area contributed by atoms with Gasteiger partial charge in [-0.05, 0) is 44.9 Å². The number of fused-ring (bicyclic) bond motifs is 1. The van der Waals surface area contributed by atoms with Gasteiger partial charge in [0.25, 0.3) is 11.8 Å². The molecule has 9 heteroatoms. The number of nitrogens with zero attached hydrogens (tertiary/aromatic N) is 1. The summed E-state index contributed by atoms with van der Waals surface area (Å²) in [5.41, 5.74) is 1.05. The Bertz CT molecular complexity index is 913. The highest BCUT2D eigenvalue weighted by Gasteiger charge is 2.45. The summed E-state index contributed by atoms with van der Waals surface area (Å²) in [6, 6.07) is 4.47. The van der Waals surface area contributed by atoms with Gasteiger partial charge in [-0.3, -0.25) is 34.7 Å². The molecule has 0 aromatic heterocycles. The lowest BCUT2D eigenvalue weighted by Gasteiger charge is -2.27. The van der Waals surface area contributed by atoms with Crippen molar-refractivity contribution < 1.29 is 23.9 Å². The molecule has 2 saturated heterocycles. The standard InChI is InChI=1S/C21H26N4O5/c1-21(2)24-13(11-30-21)8-9-22-10-12-4-3-5-14-17(12)20(29)25(19(14)28)15-6-7-16(26)23-18(15)27/h3-5,13,15,22,24H,6-11H2,1-2H3,(H,23,26,27)/t13-,15?/m1/s1. The summed E-state index contributed by atoms with van der Waals surface area (Å²) >= 11 is 0. The van der Waals surface area contributed by atoms with E-state index in [0.717, 1.165) is 23.4 Å². The number of nitrogens with one attached hydrogen (secondary N) is 3. The fourth-order valence-electron chi connectivity index (χ4n) is 4.27. The van der Waals surface area contributed by atoms with Crippen molar-refractivity contribution in [1.82, 2.24) is 20.9 Å². The van der Waals surface area contributed by atoms with Crippen molar-refractivity contribution in [3.63, 3.8) is 0 Å². The van der Waals surface area contributed by atoms with Crippen LogP contribution in [0.4, 0.5) is 0 Å². The first-order valence-electron chi connectivity index (χ1n) is 10.2. The van der Waals surface area contributed by atoms with E-state index in [9.17, 15) is 19.2 Å². The largest absolute Gasteiger partial charge is 0.360 e. The molecule has 160 valence electrons. The van der Waals surface area contributed by atoms with Gasteiger partial charge in [0.05, 0.1) is 17.7 Å². The van der Waals surface area contributed by atoms with Gasteiger partial charge in [0.2, 0.25) is 11.8 Å². The molecule has 1 aromatic rings. The molecule has 3 heterocycles. The van der Waals surface area contributed by atoms with Gasteiger partial charge in [0.1, 0.15) is 11.8 Å². The van der Waals surface area contributed by atoms with Gasteiger partial charge in [-0.25, -0.2) is 0 Å². The van der Waals surface area contributed by atoms with Crippen LogP contribution in [0.5, 0.6) is 0 Å². The van der Waals surface area contributed by atoms with Gasteiger partial charge >= 0.3 is 0 Å². The van der Waals surface area contributed by atoms with Gasteiger partial charge in [0.15, 0.2) is 0 Å². The number of hydrogen-bond acceptors (Lipinski definition) is 7. The molecule has 0 spiro atoms. The van der Waals surface area contributed by atoms with Crippen LogP contribution in [0.3, 0.4) is 0 Å². The van der Waals surface area contributed by atoms with E-state index in [-0.39, 0.29) is 30.5 Å². The van der Waals surface area contributed by atoms with Crippen LogP contribution in [0.1, 0.15) is 59.4 Å². The predicted molar refractivity (Wildman–Crippen MR) is 106 cm³/mol. The summed E-state index contributed by atoms with van der Waals surface area (Å²) < 4.78 is 5.66. The molecule has 2 fully saturated rings. The van der Waals surface area contributed by atoms with E-state index in [1.165, 1.54) is 0 Å². The summed E-state index contributed by atoms with van der Waals surface area (Å²) in [5.74, 6) is -1.95. The molecular weight excluding hydrogens is 388 g/mol. The summed E-state index contributed by atoms with van der Waals surface area (Å²) in [5, 5.41) is 8.94. The molecule has 1 unspecified atom stereocenters. The van der Waals surface area contributed by atoms with E-state index < -0.39 is 23.8 Å². The maximum atomic E-state index is 13.1. The molecule has 1 aromatic carbocycles. The lowest BCUT2D eigenvalue weighted by atomic mass is 10.0. The Hall–Kier alpha value is -2.62. The monoisotopic (exact) mass is 414 g/mol. The van der Waals surface area contributed by atoms with Gasteiger partial charge < -0.3 is 10.1 Å². The van der Waals surface area contributed by atoms with Crippen LogP contribution >= 0.6 is 0 Å². The van der Waals surface area contributed by atoms with Gasteiger partial charge in [-0.2, -0.15) is 0 Å². The first kappa shape index (κ1) is 20.6. The normalized spacial score (nSPS) is 25.6. The van der Waals surface area contributed by atoms with Crippen molar-refractivity contribution in [3.8, 4) is 0 Å². The van der Waals surface area contributed by atoms with E-state index in [4.69, 9.17) is 4.74 Å². The second-order valence-electron chi connectivity index (χ2n) is 8.41. The first-order valence-corrected chi connectivity index (χ1v) is 10.2. The predicted octanol–water partition coefficient (Wildman–Crippen LogP) is 0.292. The molecule has 0 bridgehead atoms. The lowest BCUT2D eigenvalue weighted by molar-refractivity contribution is -0.136. The van der Waals surface area contributed by atoms with E-state index in [0.29, 0.717) is 24.3 Å². The zero-order valence-corrected chi connectivity index (χ0v) is 17.1. The number of benzene rings is 1. The minimum absolute atomic E-state index is 0.105. The number of rotatable bonds is 6. The van der Waals surface area contributed by atoms with Crippen LogP contribution < -0.4 is 16.0 Å². The van der Waals surface area contributed by atoms with Crippen molar-refractivity contribution >= 4 is 23.6 Å². The van der Waals surface area contributed by atoms with Crippen molar-refractivity contribution in [2.75, 3.05) is 13.2 Å². The molecule has 0 radical (unpaired) electrons. The Balaban J connectivity index is 1.42. The summed E-state index contributed by atoms with van der Waals surface area (Å²) in [4.78, 5) is 50.5. The highest BCUT2D eigenvalue weighted by atomic mass is 16.5. The van der Waals surface area contributed by atoms with Crippen molar-refractivity contribution in [1.29, 1.82) is 0 Å². The van der Waals surface area contributed by atoms with Gasteiger partial charge in [0, 0.05) is 19.0 Å². The second-order valence-corrected chi connectivity index (χ2v) is 8.41. The minimum Gasteiger partial charge on any atom is -0.360 e. The molecule has 0 saturated carbocycles. The quantitative estimate of drug-likeness (QED) is 0.453. The number of hydrogen-bond donors (Lipinski definition) is 3. The molecule has 2 atom stereocenters. The fraction of sp³-hybridized carbons (Fsp3) is 0.524. The van der Waals surface area contributed by atoms with Crippen LogP contribution in [0.2, 0.25) is 0 Å². The molecule has 4 rings (SSSR count). The van der Waals surface area contributed by atoms with Crippen LogP contribution in [0.15, 0.2) is 18.2 Å². The van der Waals surface area contributed by atoms with E-state index in [1.807, 2.05) is 19.9 Å². The van der Waals surface area contributed by atoms with Crippen molar-refractivity contribution in [2.24, 2.45) is 0 Å². The number of piperidine rings is 1. The third-order valence-electron chi connectivity index (χ3n) is 5.74. The van der Waals surface area contributed by atoms with E-state index in [2.05, 4.69) is 16.0 Å². The number of carbonyl (C=O) groups excluding carboxylic acids is 4. The smallest absolute Gasteiger partial charge is 0.262 e. The van der Waals surface area contributed by atoms with Crippen LogP contribution in [-0.2, 0) is 20.9 Å². The third-order valence-corrected chi connectivity index (χ3v) is 5.74. The summed E-state index contributed by atoms with van der Waals surface area (Å²) in [6.07, 6.45) is 1.12. The zero-order valence-electron chi connectivity index (χ0n) is 17.1. The highest BCUT2D eigenvalue weighted by Crippen LogP contribution is 2.30. The third kappa shape index (κ3) is 3.88. The molecule has 3 N–H and O–H groups in total. The number of carbonyl (C=O) groups is 4. The molecule has 9 nitrogen and oxygen atoms in total. The molecule has 30 heavy (non-hydrogen) atoms. The Morgan fingerprint density at radius 1 is 1.20 bits per heavy atom. The Morgan fingerprint density at radius 2 is 2.00 bits per heavy atom. The summed E-state index contributed by atoms with van der Waals surface area (Å²) in [6.45, 7) is 5.79. The lowest BCUT2D eigenvalue weighted by Crippen LogP contribution is -2.54. The van der Waals surface area contributed by atoms with Crippen molar-refractivity contribution in [2.45, 2.75) is 57.5 Å². The van der Waals surface area contributed by atoms with Gasteiger partial charge in [-0.15, -0.1) is 0 Å². The maximum absolute atomic E-state index is 13.1. The topological polar surface area (TPSA) is 117 Å². The van der Waals surface area contributed by atoms with Crippen LogP contribution in [0, 0.1) is 0 Å². The van der Waals surface area contributed by atoms with Crippen LogP contribution in [0.25, 0.3) is 0 Å². The van der Waals surface area contributed by atoms with Crippen molar-refractivity contribution in [3.05, 3.63) is 34.9 Å². The summed E-state index contributed by atoms with van der Waals surface area (Å²) in [7, 11) is 0. The molecule has 3 aliphatic heterocycles. The van der Waals surface area contributed by atoms with E-state index in [1.54, 1.807) is 12.1 Å². The van der Waals surface area contributed by atoms with Gasteiger partial charge in [-0.1, -0.05) is 12.1 Å². The first-order chi connectivity index (χ1) is 14.3. The average Bonchev–Trinajstić information content (AvgIpc) is 3.16. The SMILES string of the molecule is CC1(C)N[C@H](CCNCc2cccc3c2C(=O)N(C2CCC(=O)NC2=O)C3=O)CO1. The molecule has 0 aliphatic carbocycles. The Kier molecular flexibility index (Phi) is 5.44.